The maximum Gasteiger partial charge on any atom is 0.269 e. The number of non-ortho nitro benzene ring substituents is 1. The summed E-state index contributed by atoms with van der Waals surface area (Å²) >= 11 is 0. The Morgan fingerprint density at radius 1 is 1.19 bits per heavy atom. The molecule has 0 fully saturated rings. The lowest BCUT2D eigenvalue weighted by Gasteiger charge is -2.18. The predicted molar refractivity (Wildman–Crippen MR) is 101 cm³/mol. The monoisotopic (exact) mass is 390 g/mol. The van der Waals surface area contributed by atoms with Crippen molar-refractivity contribution in [1.29, 1.82) is 0 Å². The van der Waals surface area contributed by atoms with Crippen molar-refractivity contribution in [1.82, 2.24) is 9.73 Å². The normalized spacial score (nSPS) is 11.6. The Morgan fingerprint density at radius 2 is 1.81 bits per heavy atom. The van der Waals surface area contributed by atoms with Crippen LogP contribution >= 0.6 is 0 Å². The quantitative estimate of drug-likeness (QED) is 0.416. The van der Waals surface area contributed by atoms with Crippen molar-refractivity contribution in [3.63, 3.8) is 0 Å². The van der Waals surface area contributed by atoms with Gasteiger partial charge in [-0.25, -0.2) is 13.8 Å². The van der Waals surface area contributed by atoms with E-state index in [1.54, 1.807) is 24.3 Å². The van der Waals surface area contributed by atoms with Crippen LogP contribution in [0.15, 0.2) is 59.7 Å². The van der Waals surface area contributed by atoms with Gasteiger partial charge in [0.1, 0.15) is 0 Å². The van der Waals surface area contributed by atoms with Crippen LogP contribution in [-0.4, -0.2) is 42.6 Å². The second kappa shape index (κ2) is 9.01. The summed E-state index contributed by atoms with van der Waals surface area (Å²) < 4.78 is 24.9. The molecule has 142 valence electrons. The molecule has 0 atom stereocenters. The average Bonchev–Trinajstić information content (AvgIpc) is 2.62. The van der Waals surface area contributed by atoms with Crippen LogP contribution in [-0.2, 0) is 21.4 Å². The van der Waals surface area contributed by atoms with Gasteiger partial charge >= 0.3 is 0 Å². The van der Waals surface area contributed by atoms with E-state index in [0.29, 0.717) is 5.56 Å². The SMILES string of the molecule is CS(=O)(=O)N(CC(=O)N/N=C\c1ccc([N+](=O)[O-])cc1)Cc1ccccc1. The summed E-state index contributed by atoms with van der Waals surface area (Å²) in [7, 11) is -3.59. The van der Waals surface area contributed by atoms with Crippen molar-refractivity contribution < 1.29 is 18.1 Å². The molecule has 0 radical (unpaired) electrons. The molecule has 0 aliphatic heterocycles. The Kier molecular flexibility index (Phi) is 6.74. The van der Waals surface area contributed by atoms with Crippen LogP contribution in [0.4, 0.5) is 5.69 Å². The summed E-state index contributed by atoms with van der Waals surface area (Å²) in [5.41, 5.74) is 3.49. The fraction of sp³-hybridized carbons (Fsp3) is 0.176. The molecular weight excluding hydrogens is 372 g/mol. The zero-order valence-corrected chi connectivity index (χ0v) is 15.3. The van der Waals surface area contributed by atoms with Crippen LogP contribution in [0.1, 0.15) is 11.1 Å². The van der Waals surface area contributed by atoms with E-state index in [2.05, 4.69) is 10.5 Å². The van der Waals surface area contributed by atoms with Crippen molar-refractivity contribution in [3.8, 4) is 0 Å². The molecule has 0 unspecified atom stereocenters. The Balaban J connectivity index is 1.96. The first-order chi connectivity index (χ1) is 12.8. The summed E-state index contributed by atoms with van der Waals surface area (Å²) in [5.74, 6) is -0.602. The summed E-state index contributed by atoms with van der Waals surface area (Å²) in [4.78, 5) is 22.1. The third kappa shape index (κ3) is 6.60. The molecule has 0 saturated heterocycles. The van der Waals surface area contributed by atoms with Gasteiger partial charge in [-0.3, -0.25) is 14.9 Å². The lowest BCUT2D eigenvalue weighted by molar-refractivity contribution is -0.384. The van der Waals surface area contributed by atoms with Crippen LogP contribution in [0.2, 0.25) is 0 Å². The van der Waals surface area contributed by atoms with Gasteiger partial charge in [-0.05, 0) is 23.3 Å². The molecule has 2 rings (SSSR count). The molecule has 0 aromatic heterocycles. The number of nitro benzene ring substituents is 1. The van der Waals surface area contributed by atoms with E-state index in [1.165, 1.54) is 30.5 Å². The number of nitrogens with one attached hydrogen (secondary N) is 1. The molecule has 2 aromatic carbocycles. The number of nitro groups is 1. The van der Waals surface area contributed by atoms with Gasteiger partial charge in [-0.15, -0.1) is 0 Å². The zero-order valence-electron chi connectivity index (χ0n) is 14.5. The average molecular weight is 390 g/mol. The lowest BCUT2D eigenvalue weighted by Crippen LogP contribution is -2.38. The van der Waals surface area contributed by atoms with E-state index in [9.17, 15) is 23.3 Å². The molecule has 2 aromatic rings. The highest BCUT2D eigenvalue weighted by molar-refractivity contribution is 7.88. The Labute approximate surface area is 156 Å². The molecule has 9 nitrogen and oxygen atoms in total. The second-order valence-corrected chi connectivity index (χ2v) is 7.64. The summed E-state index contributed by atoms with van der Waals surface area (Å²) in [6.45, 7) is -0.315. The van der Waals surface area contributed by atoms with Gasteiger partial charge in [0.25, 0.3) is 11.6 Å². The molecule has 27 heavy (non-hydrogen) atoms. The topological polar surface area (TPSA) is 122 Å². The third-order valence-electron chi connectivity index (χ3n) is 3.50. The first-order valence-electron chi connectivity index (χ1n) is 7.81. The standard InChI is InChI=1S/C17H18N4O5S/c1-27(25,26)20(12-15-5-3-2-4-6-15)13-17(22)19-18-11-14-7-9-16(10-8-14)21(23)24/h2-11H,12-13H2,1H3,(H,19,22)/b18-11-. The summed E-state index contributed by atoms with van der Waals surface area (Å²) in [6, 6.07) is 14.5. The van der Waals surface area contributed by atoms with Gasteiger partial charge in [0, 0.05) is 18.7 Å². The number of carbonyl (C=O) groups excluding carboxylic acids is 1. The van der Waals surface area contributed by atoms with Gasteiger partial charge in [0.05, 0.1) is 23.9 Å². The number of hydrogen-bond acceptors (Lipinski definition) is 6. The van der Waals surface area contributed by atoms with Gasteiger partial charge in [0.15, 0.2) is 0 Å². The van der Waals surface area contributed by atoms with E-state index in [0.717, 1.165) is 16.1 Å². The first kappa shape index (κ1) is 20.2. The number of carbonyl (C=O) groups is 1. The van der Waals surface area contributed by atoms with Crippen LogP contribution in [0, 0.1) is 10.1 Å². The molecule has 0 bridgehead atoms. The Hall–Kier alpha value is -3.11. The van der Waals surface area contributed by atoms with Crippen molar-refractivity contribution in [2.45, 2.75) is 6.54 Å². The first-order valence-corrected chi connectivity index (χ1v) is 9.66. The number of hydrogen-bond donors (Lipinski definition) is 1. The van der Waals surface area contributed by atoms with Crippen molar-refractivity contribution in [3.05, 3.63) is 75.8 Å². The van der Waals surface area contributed by atoms with Gasteiger partial charge in [-0.2, -0.15) is 9.41 Å². The van der Waals surface area contributed by atoms with Crippen molar-refractivity contribution >= 4 is 27.8 Å². The van der Waals surface area contributed by atoms with Crippen LogP contribution < -0.4 is 5.43 Å². The maximum atomic E-state index is 12.0. The van der Waals surface area contributed by atoms with E-state index in [4.69, 9.17) is 0 Å². The third-order valence-corrected chi connectivity index (χ3v) is 4.69. The molecular formula is C17H18N4O5S. The molecule has 0 spiro atoms. The Morgan fingerprint density at radius 3 is 2.37 bits per heavy atom. The number of nitrogens with zero attached hydrogens (tertiary/aromatic N) is 3. The largest absolute Gasteiger partial charge is 0.272 e. The van der Waals surface area contributed by atoms with Crippen LogP contribution in [0.5, 0.6) is 0 Å². The van der Waals surface area contributed by atoms with Crippen LogP contribution in [0.25, 0.3) is 0 Å². The molecule has 1 N–H and O–H groups in total. The molecule has 0 saturated carbocycles. The zero-order chi connectivity index (χ0) is 19.9. The molecule has 0 heterocycles. The van der Waals surface area contributed by atoms with Gasteiger partial charge in [-0.1, -0.05) is 30.3 Å². The fourth-order valence-corrected chi connectivity index (χ4v) is 2.87. The Bertz CT molecular complexity index is 928. The number of benzene rings is 2. The van der Waals surface area contributed by atoms with Gasteiger partial charge < -0.3 is 0 Å². The van der Waals surface area contributed by atoms with Crippen molar-refractivity contribution in [2.75, 3.05) is 12.8 Å². The smallest absolute Gasteiger partial charge is 0.269 e. The highest BCUT2D eigenvalue weighted by Crippen LogP contribution is 2.10. The number of amides is 1. The van der Waals surface area contributed by atoms with E-state index < -0.39 is 20.9 Å². The highest BCUT2D eigenvalue weighted by Gasteiger charge is 2.20. The fourth-order valence-electron chi connectivity index (χ4n) is 2.13. The number of sulfonamides is 1. The van der Waals surface area contributed by atoms with E-state index in [1.807, 2.05) is 6.07 Å². The maximum absolute atomic E-state index is 12.0. The lowest BCUT2D eigenvalue weighted by atomic mass is 10.2. The minimum absolute atomic E-state index is 0.0547. The summed E-state index contributed by atoms with van der Waals surface area (Å²) in [6.07, 6.45) is 2.34. The summed E-state index contributed by atoms with van der Waals surface area (Å²) in [5, 5.41) is 14.3. The van der Waals surface area contributed by atoms with E-state index >= 15 is 0 Å². The molecule has 1 amide bonds. The highest BCUT2D eigenvalue weighted by atomic mass is 32.2. The molecule has 0 aliphatic carbocycles. The number of rotatable bonds is 8. The van der Waals surface area contributed by atoms with Gasteiger partial charge in [0.2, 0.25) is 10.0 Å². The molecule has 0 aliphatic rings. The minimum Gasteiger partial charge on any atom is -0.272 e. The second-order valence-electron chi connectivity index (χ2n) is 5.66. The van der Waals surface area contributed by atoms with Crippen LogP contribution in [0.3, 0.4) is 0 Å². The predicted octanol–water partition coefficient (Wildman–Crippen LogP) is 1.51. The van der Waals surface area contributed by atoms with E-state index in [-0.39, 0.29) is 18.8 Å². The van der Waals surface area contributed by atoms with Crippen molar-refractivity contribution in [2.24, 2.45) is 5.10 Å². The molecule has 10 heteroatoms. The number of hydrazone groups is 1. The minimum atomic E-state index is -3.59.